The van der Waals surface area contributed by atoms with Crippen molar-refractivity contribution in [2.24, 2.45) is 4.99 Å². The number of rotatable bonds is 2. The fourth-order valence-corrected chi connectivity index (χ4v) is 3.65. The number of nitrogens with zero attached hydrogens (tertiary/aromatic N) is 3. The lowest BCUT2D eigenvalue weighted by molar-refractivity contribution is 0.171. The predicted octanol–water partition coefficient (Wildman–Crippen LogP) is 3.19. The SMILES string of the molecule is CN=c1c(C)cc(-c2ccc3c(=O)ccn(C4CC4)c3c2C)cn1O. The normalized spacial score (nSPS) is 15.1. The van der Waals surface area contributed by atoms with E-state index in [0.29, 0.717) is 11.5 Å². The molecule has 5 nitrogen and oxygen atoms in total. The summed E-state index contributed by atoms with van der Waals surface area (Å²) in [4.78, 5) is 16.4. The van der Waals surface area contributed by atoms with E-state index in [4.69, 9.17) is 0 Å². The summed E-state index contributed by atoms with van der Waals surface area (Å²) in [5, 5.41) is 11.0. The van der Waals surface area contributed by atoms with Crippen molar-refractivity contribution in [3.05, 3.63) is 63.5 Å². The summed E-state index contributed by atoms with van der Waals surface area (Å²) in [6.45, 7) is 3.97. The van der Waals surface area contributed by atoms with Crippen LogP contribution in [0.5, 0.6) is 0 Å². The van der Waals surface area contributed by atoms with E-state index in [1.54, 1.807) is 19.3 Å². The number of aryl methyl sites for hydroxylation is 2. The average Bonchev–Trinajstić information content (AvgIpc) is 3.40. The number of hydrogen-bond donors (Lipinski definition) is 1. The lowest BCUT2D eigenvalue weighted by Crippen LogP contribution is -2.21. The molecule has 0 amide bonds. The molecule has 0 bridgehead atoms. The van der Waals surface area contributed by atoms with Gasteiger partial charge in [0.15, 0.2) is 10.9 Å². The molecule has 0 saturated heterocycles. The first-order chi connectivity index (χ1) is 12.0. The second-order valence-electron chi connectivity index (χ2n) is 6.76. The zero-order chi connectivity index (χ0) is 17.7. The van der Waals surface area contributed by atoms with Crippen molar-refractivity contribution in [2.75, 3.05) is 7.05 Å². The Bertz CT molecular complexity index is 1090. The molecule has 128 valence electrons. The van der Waals surface area contributed by atoms with Gasteiger partial charge in [0.25, 0.3) is 0 Å². The Hall–Kier alpha value is -2.82. The molecule has 1 aliphatic carbocycles. The van der Waals surface area contributed by atoms with E-state index in [1.165, 1.54) is 0 Å². The summed E-state index contributed by atoms with van der Waals surface area (Å²) >= 11 is 0. The summed E-state index contributed by atoms with van der Waals surface area (Å²) in [5.74, 6) is 0. The van der Waals surface area contributed by atoms with Crippen LogP contribution in [0.15, 0.2) is 46.4 Å². The molecule has 5 heteroatoms. The van der Waals surface area contributed by atoms with Crippen LogP contribution >= 0.6 is 0 Å². The highest BCUT2D eigenvalue weighted by Gasteiger charge is 2.25. The molecule has 1 aromatic carbocycles. The fourth-order valence-electron chi connectivity index (χ4n) is 3.65. The third-order valence-electron chi connectivity index (χ3n) is 5.01. The molecular formula is C20H21N3O2. The van der Waals surface area contributed by atoms with Crippen molar-refractivity contribution in [3.63, 3.8) is 0 Å². The lowest BCUT2D eigenvalue weighted by Gasteiger charge is -2.16. The molecular weight excluding hydrogens is 314 g/mol. The summed E-state index contributed by atoms with van der Waals surface area (Å²) in [6, 6.07) is 8.03. The van der Waals surface area contributed by atoms with Gasteiger partial charge < -0.3 is 9.77 Å². The largest absolute Gasteiger partial charge is 0.427 e. The predicted molar refractivity (Wildman–Crippen MR) is 98.1 cm³/mol. The third kappa shape index (κ3) is 2.47. The Kier molecular flexibility index (Phi) is 3.53. The van der Waals surface area contributed by atoms with Crippen molar-refractivity contribution in [2.45, 2.75) is 32.7 Å². The first-order valence-corrected chi connectivity index (χ1v) is 8.51. The Morgan fingerprint density at radius 3 is 2.60 bits per heavy atom. The standard InChI is InChI=1S/C20H21N3O2/c1-12-10-14(11-23(25)20(12)21-3)16-6-7-17-18(24)8-9-22(15-4-5-15)19(17)13(16)2/h6-11,15,25H,4-5H2,1-3H3. The maximum Gasteiger partial charge on any atom is 0.189 e. The monoisotopic (exact) mass is 335 g/mol. The fraction of sp³-hybridized carbons (Fsp3) is 0.300. The zero-order valence-corrected chi connectivity index (χ0v) is 14.7. The Morgan fingerprint density at radius 1 is 1.20 bits per heavy atom. The van der Waals surface area contributed by atoms with E-state index in [0.717, 1.165) is 50.7 Å². The van der Waals surface area contributed by atoms with Crippen LogP contribution in [0.3, 0.4) is 0 Å². The molecule has 1 saturated carbocycles. The molecule has 0 radical (unpaired) electrons. The molecule has 1 N–H and O–H groups in total. The molecule has 3 aromatic rings. The van der Waals surface area contributed by atoms with Gasteiger partial charge in [-0.1, -0.05) is 6.07 Å². The molecule has 0 spiro atoms. The minimum Gasteiger partial charge on any atom is -0.427 e. The third-order valence-corrected chi connectivity index (χ3v) is 5.01. The topological polar surface area (TPSA) is 59.5 Å². The minimum atomic E-state index is 0.0510. The summed E-state index contributed by atoms with van der Waals surface area (Å²) in [6.07, 6.45) is 5.90. The van der Waals surface area contributed by atoms with Crippen LogP contribution in [0, 0.1) is 13.8 Å². The van der Waals surface area contributed by atoms with E-state index in [2.05, 4.69) is 9.56 Å². The van der Waals surface area contributed by atoms with Gasteiger partial charge in [-0.3, -0.25) is 9.79 Å². The molecule has 0 atom stereocenters. The van der Waals surface area contributed by atoms with Gasteiger partial charge in [-0.05, 0) is 55.5 Å². The van der Waals surface area contributed by atoms with Crippen molar-refractivity contribution < 1.29 is 5.21 Å². The quantitative estimate of drug-likeness (QED) is 0.731. The molecule has 25 heavy (non-hydrogen) atoms. The highest BCUT2D eigenvalue weighted by Crippen LogP contribution is 2.38. The van der Waals surface area contributed by atoms with Crippen LogP contribution in [0.2, 0.25) is 0 Å². The first kappa shape index (κ1) is 15.7. The molecule has 1 fully saturated rings. The van der Waals surface area contributed by atoms with E-state index < -0.39 is 0 Å². The van der Waals surface area contributed by atoms with Crippen molar-refractivity contribution in [1.29, 1.82) is 0 Å². The average molecular weight is 335 g/mol. The number of pyridine rings is 2. The smallest absolute Gasteiger partial charge is 0.189 e. The highest BCUT2D eigenvalue weighted by molar-refractivity contribution is 5.89. The van der Waals surface area contributed by atoms with Crippen LogP contribution in [0.4, 0.5) is 0 Å². The number of benzene rings is 1. The number of fused-ring (bicyclic) bond motifs is 1. The van der Waals surface area contributed by atoms with Gasteiger partial charge in [-0.15, -0.1) is 0 Å². The Labute approximate surface area is 145 Å². The first-order valence-electron chi connectivity index (χ1n) is 8.51. The van der Waals surface area contributed by atoms with Gasteiger partial charge in [0.1, 0.15) is 0 Å². The molecule has 1 aliphatic rings. The molecule has 0 aliphatic heterocycles. The van der Waals surface area contributed by atoms with Gasteiger partial charge in [-0.2, -0.15) is 4.73 Å². The van der Waals surface area contributed by atoms with E-state index >= 15 is 0 Å². The Balaban J connectivity index is 2.03. The van der Waals surface area contributed by atoms with Crippen molar-refractivity contribution in [3.8, 4) is 11.1 Å². The molecule has 0 unspecified atom stereocenters. The lowest BCUT2D eigenvalue weighted by atomic mass is 9.97. The highest BCUT2D eigenvalue weighted by atomic mass is 16.5. The van der Waals surface area contributed by atoms with E-state index in [-0.39, 0.29) is 5.43 Å². The summed E-state index contributed by atoms with van der Waals surface area (Å²) in [5.41, 5.74) is 5.47. The number of aromatic nitrogens is 2. The van der Waals surface area contributed by atoms with Gasteiger partial charge >= 0.3 is 0 Å². The van der Waals surface area contributed by atoms with E-state index in [9.17, 15) is 10.0 Å². The van der Waals surface area contributed by atoms with Gasteiger partial charge in [0.05, 0.1) is 11.7 Å². The molecule has 4 rings (SSSR count). The Morgan fingerprint density at radius 2 is 1.96 bits per heavy atom. The van der Waals surface area contributed by atoms with Gasteiger partial charge in [0.2, 0.25) is 0 Å². The van der Waals surface area contributed by atoms with Crippen molar-refractivity contribution in [1.82, 2.24) is 9.30 Å². The van der Waals surface area contributed by atoms with Crippen molar-refractivity contribution >= 4 is 10.9 Å². The van der Waals surface area contributed by atoms with Crippen LogP contribution < -0.4 is 10.9 Å². The van der Waals surface area contributed by atoms with Gasteiger partial charge in [0, 0.05) is 36.3 Å². The summed E-state index contributed by atoms with van der Waals surface area (Å²) < 4.78 is 3.29. The van der Waals surface area contributed by atoms with Crippen LogP contribution in [0.25, 0.3) is 22.0 Å². The van der Waals surface area contributed by atoms with Crippen LogP contribution in [-0.4, -0.2) is 21.6 Å². The minimum absolute atomic E-state index is 0.0510. The van der Waals surface area contributed by atoms with Gasteiger partial charge in [-0.25, -0.2) is 0 Å². The zero-order valence-electron chi connectivity index (χ0n) is 14.7. The maximum absolute atomic E-state index is 12.3. The second-order valence-corrected chi connectivity index (χ2v) is 6.76. The van der Waals surface area contributed by atoms with Crippen LogP contribution in [-0.2, 0) is 0 Å². The molecule has 2 aromatic heterocycles. The summed E-state index contributed by atoms with van der Waals surface area (Å²) in [7, 11) is 1.66. The van der Waals surface area contributed by atoms with E-state index in [1.807, 2.05) is 38.2 Å². The number of hydrogen-bond acceptors (Lipinski definition) is 3. The van der Waals surface area contributed by atoms with Crippen LogP contribution in [0.1, 0.15) is 30.0 Å². The molecule has 2 heterocycles. The second kappa shape index (κ2) is 5.62. The maximum atomic E-state index is 12.3.